The van der Waals surface area contributed by atoms with Gasteiger partial charge in [0.1, 0.15) is 0 Å². The summed E-state index contributed by atoms with van der Waals surface area (Å²) >= 11 is 0. The fraction of sp³-hybridized carbons (Fsp3) is 0.857. The van der Waals surface area contributed by atoms with Crippen molar-refractivity contribution < 1.29 is 4.79 Å². The third kappa shape index (κ3) is 5.49. The van der Waals surface area contributed by atoms with Crippen molar-refractivity contribution in [3.05, 3.63) is 0 Å². The molecule has 0 bridgehead atoms. The van der Waals surface area contributed by atoms with Crippen LogP contribution in [-0.2, 0) is 4.79 Å². The van der Waals surface area contributed by atoms with Crippen molar-refractivity contribution in [2.75, 3.05) is 41.3 Å². The zero-order chi connectivity index (χ0) is 14.3. The molecule has 0 saturated heterocycles. The number of aliphatic imine (C=N–C) groups is 1. The summed E-state index contributed by atoms with van der Waals surface area (Å²) < 4.78 is 0. The number of carbonyl (C=O) groups excluding carboxylic acids is 1. The minimum absolute atomic E-state index is 0.214. The first-order valence-corrected chi connectivity index (χ1v) is 7.19. The first-order chi connectivity index (χ1) is 9.02. The normalized spacial score (nSPS) is 15.8. The number of nitrogens with one attached hydrogen (secondary N) is 1. The van der Waals surface area contributed by atoms with E-state index in [0.29, 0.717) is 13.1 Å². The molecule has 0 atom stereocenters. The molecular formula is C14H28N4O. The number of rotatable bonds is 4. The molecule has 1 amide bonds. The molecular weight excluding hydrogens is 240 g/mol. The van der Waals surface area contributed by atoms with Gasteiger partial charge in [0.2, 0.25) is 5.91 Å². The van der Waals surface area contributed by atoms with Crippen molar-refractivity contribution in [2.24, 2.45) is 10.9 Å². The quantitative estimate of drug-likeness (QED) is 0.473. The van der Waals surface area contributed by atoms with Crippen molar-refractivity contribution >= 4 is 11.9 Å². The molecule has 1 saturated carbocycles. The molecule has 1 aliphatic carbocycles. The topological polar surface area (TPSA) is 47.9 Å². The number of hydrogen-bond acceptors (Lipinski definition) is 2. The first kappa shape index (κ1) is 15.8. The smallest absolute Gasteiger partial charge is 0.223 e. The van der Waals surface area contributed by atoms with Gasteiger partial charge in [0.05, 0.1) is 6.54 Å². The van der Waals surface area contributed by atoms with Gasteiger partial charge in [0.25, 0.3) is 0 Å². The van der Waals surface area contributed by atoms with E-state index in [1.165, 1.54) is 19.3 Å². The average Bonchev–Trinajstić information content (AvgIpc) is 2.38. The van der Waals surface area contributed by atoms with E-state index in [2.05, 4.69) is 10.3 Å². The average molecular weight is 268 g/mol. The Morgan fingerprint density at radius 2 is 1.68 bits per heavy atom. The maximum atomic E-state index is 11.9. The lowest BCUT2D eigenvalue weighted by atomic mass is 9.89. The van der Waals surface area contributed by atoms with E-state index in [1.807, 2.05) is 38.0 Å². The molecule has 5 heteroatoms. The van der Waals surface area contributed by atoms with Crippen LogP contribution in [0.1, 0.15) is 32.1 Å². The summed E-state index contributed by atoms with van der Waals surface area (Å²) in [4.78, 5) is 20.4. The predicted molar refractivity (Wildman–Crippen MR) is 79.3 cm³/mol. The molecule has 0 aromatic heterocycles. The highest BCUT2D eigenvalue weighted by Crippen LogP contribution is 2.23. The SMILES string of the molecule is CN(C)C(=NCCNC(=O)C1CCCCC1)N(C)C. The molecule has 1 fully saturated rings. The standard InChI is InChI=1S/C14H28N4O/c1-17(2)14(18(3)4)16-11-10-15-13(19)12-8-6-5-7-9-12/h12H,5-11H2,1-4H3,(H,15,19). The minimum atomic E-state index is 0.214. The fourth-order valence-electron chi connectivity index (χ4n) is 2.53. The Hall–Kier alpha value is -1.26. The van der Waals surface area contributed by atoms with Gasteiger partial charge >= 0.3 is 0 Å². The van der Waals surface area contributed by atoms with Crippen LogP contribution in [0.4, 0.5) is 0 Å². The molecule has 0 radical (unpaired) electrons. The lowest BCUT2D eigenvalue weighted by Crippen LogP contribution is -2.37. The summed E-state index contributed by atoms with van der Waals surface area (Å²) in [5.74, 6) is 1.37. The minimum Gasteiger partial charge on any atom is -0.354 e. The van der Waals surface area contributed by atoms with E-state index in [9.17, 15) is 4.79 Å². The Morgan fingerprint density at radius 3 is 2.21 bits per heavy atom. The van der Waals surface area contributed by atoms with Gasteiger partial charge in [-0.15, -0.1) is 0 Å². The molecule has 0 aliphatic heterocycles. The van der Waals surface area contributed by atoms with Crippen LogP contribution in [0, 0.1) is 5.92 Å². The second kappa shape index (κ2) is 8.02. The summed E-state index contributed by atoms with van der Waals surface area (Å²) in [6.45, 7) is 1.25. The first-order valence-electron chi connectivity index (χ1n) is 7.19. The monoisotopic (exact) mass is 268 g/mol. The van der Waals surface area contributed by atoms with Gasteiger partial charge in [0, 0.05) is 40.7 Å². The maximum Gasteiger partial charge on any atom is 0.223 e. The van der Waals surface area contributed by atoms with Crippen molar-refractivity contribution in [1.82, 2.24) is 15.1 Å². The maximum absolute atomic E-state index is 11.9. The summed E-state index contributed by atoms with van der Waals surface area (Å²) in [6, 6.07) is 0. The number of carbonyl (C=O) groups is 1. The molecule has 0 aromatic rings. The van der Waals surface area contributed by atoms with E-state index >= 15 is 0 Å². The van der Waals surface area contributed by atoms with Gasteiger partial charge < -0.3 is 15.1 Å². The largest absolute Gasteiger partial charge is 0.354 e. The van der Waals surface area contributed by atoms with E-state index in [-0.39, 0.29) is 11.8 Å². The summed E-state index contributed by atoms with van der Waals surface area (Å²) in [5, 5.41) is 3.00. The van der Waals surface area contributed by atoms with Crippen LogP contribution in [-0.4, -0.2) is 62.9 Å². The lowest BCUT2D eigenvalue weighted by molar-refractivity contribution is -0.125. The summed E-state index contributed by atoms with van der Waals surface area (Å²) in [5.41, 5.74) is 0. The van der Waals surface area contributed by atoms with E-state index in [1.54, 1.807) is 0 Å². The van der Waals surface area contributed by atoms with Crippen LogP contribution in [0.25, 0.3) is 0 Å². The number of nitrogens with zero attached hydrogens (tertiary/aromatic N) is 3. The Bertz CT molecular complexity index is 297. The van der Waals surface area contributed by atoms with Gasteiger partial charge in [-0.1, -0.05) is 19.3 Å². The number of amides is 1. The highest BCUT2D eigenvalue weighted by Gasteiger charge is 2.20. The van der Waals surface area contributed by atoms with Gasteiger partial charge in [-0.25, -0.2) is 0 Å². The molecule has 1 N–H and O–H groups in total. The molecule has 0 spiro atoms. The Morgan fingerprint density at radius 1 is 1.11 bits per heavy atom. The Labute approximate surface area is 117 Å². The molecule has 110 valence electrons. The van der Waals surface area contributed by atoms with Gasteiger partial charge in [-0.05, 0) is 12.8 Å². The van der Waals surface area contributed by atoms with E-state index in [0.717, 1.165) is 18.8 Å². The molecule has 1 rings (SSSR count). The molecule has 5 nitrogen and oxygen atoms in total. The third-order valence-corrected chi connectivity index (χ3v) is 3.44. The Kier molecular flexibility index (Phi) is 6.67. The number of hydrogen-bond donors (Lipinski definition) is 1. The zero-order valence-corrected chi connectivity index (χ0v) is 12.8. The second-order valence-corrected chi connectivity index (χ2v) is 5.60. The number of guanidine groups is 1. The van der Waals surface area contributed by atoms with Crippen LogP contribution in [0.3, 0.4) is 0 Å². The van der Waals surface area contributed by atoms with Crippen LogP contribution in [0.15, 0.2) is 4.99 Å². The van der Waals surface area contributed by atoms with Crippen molar-refractivity contribution in [1.29, 1.82) is 0 Å². The zero-order valence-electron chi connectivity index (χ0n) is 12.8. The molecule has 0 aromatic carbocycles. The third-order valence-electron chi connectivity index (χ3n) is 3.44. The van der Waals surface area contributed by atoms with Crippen LogP contribution in [0.5, 0.6) is 0 Å². The highest BCUT2D eigenvalue weighted by molar-refractivity contribution is 5.79. The summed E-state index contributed by atoms with van der Waals surface area (Å²) in [7, 11) is 7.89. The molecule has 19 heavy (non-hydrogen) atoms. The lowest BCUT2D eigenvalue weighted by Gasteiger charge is -2.23. The van der Waals surface area contributed by atoms with Gasteiger partial charge in [-0.3, -0.25) is 9.79 Å². The Balaban J connectivity index is 2.29. The second-order valence-electron chi connectivity index (χ2n) is 5.60. The van der Waals surface area contributed by atoms with E-state index < -0.39 is 0 Å². The fourth-order valence-corrected chi connectivity index (χ4v) is 2.53. The van der Waals surface area contributed by atoms with Crippen molar-refractivity contribution in [2.45, 2.75) is 32.1 Å². The molecule has 1 aliphatic rings. The predicted octanol–water partition coefficient (Wildman–Crippen LogP) is 1.16. The molecule has 0 heterocycles. The van der Waals surface area contributed by atoms with Gasteiger partial charge in [-0.2, -0.15) is 0 Å². The molecule has 0 unspecified atom stereocenters. The van der Waals surface area contributed by atoms with Gasteiger partial charge in [0.15, 0.2) is 5.96 Å². The van der Waals surface area contributed by atoms with Crippen LogP contribution < -0.4 is 5.32 Å². The van der Waals surface area contributed by atoms with Crippen molar-refractivity contribution in [3.8, 4) is 0 Å². The van der Waals surface area contributed by atoms with Crippen molar-refractivity contribution in [3.63, 3.8) is 0 Å². The van der Waals surface area contributed by atoms with E-state index in [4.69, 9.17) is 0 Å². The highest BCUT2D eigenvalue weighted by atomic mass is 16.1. The summed E-state index contributed by atoms with van der Waals surface area (Å²) in [6.07, 6.45) is 5.78. The van der Waals surface area contributed by atoms with Crippen LogP contribution >= 0.6 is 0 Å². The van der Waals surface area contributed by atoms with Crippen LogP contribution in [0.2, 0.25) is 0 Å².